The van der Waals surface area contributed by atoms with Crippen molar-refractivity contribution in [3.05, 3.63) is 35.9 Å². The van der Waals surface area contributed by atoms with E-state index in [2.05, 4.69) is 15.6 Å². The zero-order chi connectivity index (χ0) is 26.0. The summed E-state index contributed by atoms with van der Waals surface area (Å²) in [5, 5.41) is 14.6. The Kier molecular flexibility index (Phi) is 10.5. The van der Waals surface area contributed by atoms with Crippen molar-refractivity contribution in [1.82, 2.24) is 15.5 Å². The van der Waals surface area contributed by atoms with Gasteiger partial charge in [-0.25, -0.2) is 4.79 Å². The maximum absolute atomic E-state index is 13.0. The van der Waals surface area contributed by atoms with E-state index in [0.29, 0.717) is 25.8 Å². The van der Waals surface area contributed by atoms with Crippen LogP contribution in [0.4, 0.5) is 0 Å². The van der Waals surface area contributed by atoms with Gasteiger partial charge in [0.05, 0.1) is 6.04 Å². The van der Waals surface area contributed by atoms with Gasteiger partial charge in [0.25, 0.3) is 0 Å². The third-order valence-electron chi connectivity index (χ3n) is 5.76. The van der Waals surface area contributed by atoms with Crippen molar-refractivity contribution in [1.29, 1.82) is 0 Å². The number of nitrogens with one attached hydrogen (secondary N) is 2. The highest BCUT2D eigenvalue weighted by Crippen LogP contribution is 2.18. The number of nitrogens with zero attached hydrogens (tertiary/aromatic N) is 2. The van der Waals surface area contributed by atoms with Crippen LogP contribution in [0.2, 0.25) is 0 Å². The summed E-state index contributed by atoms with van der Waals surface area (Å²) in [6.45, 7) is 2.04. The van der Waals surface area contributed by atoms with Gasteiger partial charge in [0.15, 0.2) is 5.96 Å². The molecule has 1 saturated heterocycles. The molecule has 35 heavy (non-hydrogen) atoms. The van der Waals surface area contributed by atoms with Crippen LogP contribution in [0, 0.1) is 0 Å². The topological polar surface area (TPSA) is 206 Å². The number of nitrogens with two attached hydrogens (primary N) is 3. The molecule has 1 aromatic carbocycles. The summed E-state index contributed by atoms with van der Waals surface area (Å²) in [7, 11) is 0. The van der Waals surface area contributed by atoms with Gasteiger partial charge in [-0.05, 0) is 44.6 Å². The van der Waals surface area contributed by atoms with Crippen molar-refractivity contribution in [2.45, 2.75) is 63.2 Å². The summed E-state index contributed by atoms with van der Waals surface area (Å²) >= 11 is 0. The average molecular weight is 490 g/mol. The number of carbonyl (C=O) groups is 4. The average Bonchev–Trinajstić information content (AvgIpc) is 3.31. The number of guanidine groups is 1. The molecule has 4 atom stereocenters. The van der Waals surface area contributed by atoms with Gasteiger partial charge in [-0.2, -0.15) is 0 Å². The molecule has 0 spiro atoms. The van der Waals surface area contributed by atoms with Crippen LogP contribution in [0.15, 0.2) is 35.3 Å². The van der Waals surface area contributed by atoms with Crippen molar-refractivity contribution in [3.63, 3.8) is 0 Å². The minimum Gasteiger partial charge on any atom is -0.480 e. The largest absolute Gasteiger partial charge is 0.480 e. The van der Waals surface area contributed by atoms with Crippen LogP contribution in [0.5, 0.6) is 0 Å². The van der Waals surface area contributed by atoms with Gasteiger partial charge in [0.2, 0.25) is 17.7 Å². The number of likely N-dealkylation sites (tertiary alicyclic amines) is 1. The van der Waals surface area contributed by atoms with E-state index >= 15 is 0 Å². The highest BCUT2D eigenvalue weighted by Gasteiger charge is 2.36. The first-order chi connectivity index (χ1) is 16.6. The zero-order valence-corrected chi connectivity index (χ0v) is 19.9. The van der Waals surface area contributed by atoms with Crippen molar-refractivity contribution < 1.29 is 24.3 Å². The maximum Gasteiger partial charge on any atom is 0.326 e. The molecule has 0 saturated carbocycles. The lowest BCUT2D eigenvalue weighted by molar-refractivity contribution is -0.149. The Labute approximate surface area is 204 Å². The van der Waals surface area contributed by atoms with Crippen molar-refractivity contribution in [2.75, 3.05) is 13.1 Å². The minimum atomic E-state index is -1.08. The molecule has 12 heteroatoms. The molecule has 1 aromatic rings. The van der Waals surface area contributed by atoms with Gasteiger partial charge in [-0.1, -0.05) is 30.3 Å². The van der Waals surface area contributed by atoms with Crippen molar-refractivity contribution >= 4 is 29.7 Å². The summed E-state index contributed by atoms with van der Waals surface area (Å²) in [5.41, 5.74) is 17.6. The van der Waals surface area contributed by atoms with Gasteiger partial charge >= 0.3 is 5.97 Å². The van der Waals surface area contributed by atoms with E-state index in [4.69, 9.17) is 17.2 Å². The summed E-state index contributed by atoms with van der Waals surface area (Å²) in [6.07, 6.45) is 1.82. The fourth-order valence-corrected chi connectivity index (χ4v) is 3.92. The van der Waals surface area contributed by atoms with E-state index in [9.17, 15) is 24.3 Å². The molecule has 2 rings (SSSR count). The first kappa shape index (κ1) is 27.6. The van der Waals surface area contributed by atoms with Crippen molar-refractivity contribution in [3.8, 4) is 0 Å². The molecule has 192 valence electrons. The number of hydrogen-bond acceptors (Lipinski definition) is 6. The van der Waals surface area contributed by atoms with E-state index in [1.165, 1.54) is 11.8 Å². The lowest BCUT2D eigenvalue weighted by Crippen LogP contribution is -2.56. The summed E-state index contributed by atoms with van der Waals surface area (Å²) in [6, 6.07) is 5.49. The summed E-state index contributed by atoms with van der Waals surface area (Å²) in [4.78, 5) is 55.1. The first-order valence-corrected chi connectivity index (χ1v) is 11.6. The van der Waals surface area contributed by atoms with Crippen LogP contribution in [0.1, 0.15) is 38.2 Å². The molecular formula is C23H35N7O5. The molecule has 0 unspecified atom stereocenters. The fourth-order valence-electron chi connectivity index (χ4n) is 3.92. The number of carbonyl (C=O) groups excluding carboxylic acids is 3. The van der Waals surface area contributed by atoms with Crippen LogP contribution < -0.4 is 27.8 Å². The number of aliphatic carboxylic acids is 1. The van der Waals surface area contributed by atoms with Gasteiger partial charge in [0, 0.05) is 13.1 Å². The highest BCUT2D eigenvalue weighted by atomic mass is 16.4. The minimum absolute atomic E-state index is 0.0854. The second-order valence-electron chi connectivity index (χ2n) is 8.56. The van der Waals surface area contributed by atoms with Crippen LogP contribution >= 0.6 is 0 Å². The van der Waals surface area contributed by atoms with E-state index < -0.39 is 47.9 Å². The maximum atomic E-state index is 13.0. The predicted octanol–water partition coefficient (Wildman–Crippen LogP) is -1.32. The quantitative estimate of drug-likeness (QED) is 0.118. The number of carboxylic acids is 1. The molecule has 1 heterocycles. The number of amides is 3. The second kappa shape index (κ2) is 13.3. The Morgan fingerprint density at radius 1 is 1.14 bits per heavy atom. The van der Waals surface area contributed by atoms with E-state index in [0.717, 1.165) is 5.56 Å². The van der Waals surface area contributed by atoms with E-state index in [1.807, 2.05) is 30.3 Å². The number of hydrogen-bond donors (Lipinski definition) is 6. The highest BCUT2D eigenvalue weighted by molar-refractivity contribution is 5.94. The van der Waals surface area contributed by atoms with Crippen LogP contribution in [0.25, 0.3) is 0 Å². The zero-order valence-electron chi connectivity index (χ0n) is 19.9. The molecule has 12 nitrogen and oxygen atoms in total. The SMILES string of the molecule is C[C@H](NC(=O)[C@H](CCCN=C(N)N)NC(=O)[C@@H](N)Cc1ccccc1)C(=O)N1CCC[C@H]1C(=O)O. The number of benzene rings is 1. The van der Waals surface area contributed by atoms with Crippen LogP contribution in [-0.4, -0.2) is 76.9 Å². The molecule has 0 radical (unpaired) electrons. The fraction of sp³-hybridized carbons (Fsp3) is 0.522. The molecule has 1 aliphatic heterocycles. The van der Waals surface area contributed by atoms with Gasteiger partial charge in [-0.15, -0.1) is 0 Å². The van der Waals surface area contributed by atoms with Crippen molar-refractivity contribution in [2.24, 2.45) is 22.2 Å². The molecule has 0 bridgehead atoms. The molecule has 3 amide bonds. The monoisotopic (exact) mass is 489 g/mol. The molecular weight excluding hydrogens is 454 g/mol. The number of carboxylic acid groups (broad SMARTS) is 1. The second-order valence-corrected chi connectivity index (χ2v) is 8.56. The lowest BCUT2D eigenvalue weighted by Gasteiger charge is -2.27. The standard InChI is InChI=1S/C23H35N7O5/c1-14(21(33)30-12-6-10-18(30)22(34)35)28-20(32)17(9-5-11-27-23(25)26)29-19(31)16(24)13-15-7-3-2-4-8-15/h2-4,7-8,14,16-18H,5-6,9-13,24H2,1H3,(H,28,32)(H,29,31)(H,34,35)(H4,25,26,27)/t14-,16-,17-,18-/m0/s1. The Morgan fingerprint density at radius 2 is 1.83 bits per heavy atom. The first-order valence-electron chi connectivity index (χ1n) is 11.6. The van der Waals surface area contributed by atoms with Crippen LogP contribution in [0.3, 0.4) is 0 Å². The Balaban J connectivity index is 2.03. The number of rotatable bonds is 12. The molecule has 0 aromatic heterocycles. The van der Waals surface area contributed by atoms with Gasteiger partial charge in [0.1, 0.15) is 18.1 Å². The predicted molar refractivity (Wildman–Crippen MR) is 130 cm³/mol. The van der Waals surface area contributed by atoms with Crippen LogP contribution in [-0.2, 0) is 25.6 Å². The van der Waals surface area contributed by atoms with E-state index in [-0.39, 0.29) is 25.3 Å². The number of aliphatic imine (C=N–C) groups is 1. The molecule has 1 fully saturated rings. The summed E-state index contributed by atoms with van der Waals surface area (Å²) < 4.78 is 0. The molecule has 0 aliphatic carbocycles. The normalized spacial score (nSPS) is 17.7. The van der Waals surface area contributed by atoms with E-state index in [1.54, 1.807) is 0 Å². The van der Waals surface area contributed by atoms with Gasteiger partial charge < -0.3 is 37.8 Å². The Morgan fingerprint density at radius 3 is 2.46 bits per heavy atom. The lowest BCUT2D eigenvalue weighted by atomic mass is 10.0. The summed E-state index contributed by atoms with van der Waals surface area (Å²) in [5.74, 6) is -2.75. The molecule has 1 aliphatic rings. The Hall–Kier alpha value is -3.67. The van der Waals surface area contributed by atoms with Gasteiger partial charge in [-0.3, -0.25) is 19.4 Å². The third-order valence-corrected chi connectivity index (χ3v) is 5.76. The molecule has 9 N–H and O–H groups in total. The smallest absolute Gasteiger partial charge is 0.326 e. The Bertz CT molecular complexity index is 920. The third kappa shape index (κ3) is 8.56.